The van der Waals surface area contributed by atoms with E-state index in [9.17, 15) is 9.59 Å². The smallest absolute Gasteiger partial charge is 0.278 e. The average Bonchev–Trinajstić information content (AvgIpc) is 3.05. The second-order valence-electron chi connectivity index (χ2n) is 7.88. The lowest BCUT2D eigenvalue weighted by Gasteiger charge is -2.25. The zero-order chi connectivity index (χ0) is 22.7. The summed E-state index contributed by atoms with van der Waals surface area (Å²) in [5.74, 6) is -0.580. The van der Waals surface area contributed by atoms with Crippen LogP contribution in [0.5, 0.6) is 0 Å². The summed E-state index contributed by atoms with van der Waals surface area (Å²) >= 11 is 6.33. The molecule has 5 heteroatoms. The standard InChI is InChI=1S/C27H25ClN2O2/c1-3-29(17-20-9-5-4-6-10-20)25-24(21-15-13-19(2)14-16-21)26(31)30(27(25)32)18-22-11-7-8-12-23(22)28/h4-16H,3,17-18H2,1-2H3. The van der Waals surface area contributed by atoms with Crippen LogP contribution in [0.1, 0.15) is 29.2 Å². The van der Waals surface area contributed by atoms with Crippen LogP contribution >= 0.6 is 11.6 Å². The number of benzene rings is 3. The Labute approximate surface area is 193 Å². The molecule has 2 amide bonds. The minimum absolute atomic E-state index is 0.138. The van der Waals surface area contributed by atoms with Crippen LogP contribution in [0.4, 0.5) is 0 Å². The molecule has 1 heterocycles. The monoisotopic (exact) mass is 444 g/mol. The first kappa shape index (κ1) is 21.8. The Hall–Kier alpha value is -3.37. The van der Waals surface area contributed by atoms with Crippen molar-refractivity contribution in [3.63, 3.8) is 0 Å². The second kappa shape index (κ2) is 9.41. The summed E-state index contributed by atoms with van der Waals surface area (Å²) in [6.07, 6.45) is 0. The molecule has 0 fully saturated rings. The SMILES string of the molecule is CCN(Cc1ccccc1)C1=C(c2ccc(C)cc2)C(=O)N(Cc2ccccc2Cl)C1=O. The molecule has 3 aromatic carbocycles. The quantitative estimate of drug-likeness (QED) is 0.455. The lowest BCUT2D eigenvalue weighted by atomic mass is 10.0. The number of hydrogen-bond donors (Lipinski definition) is 0. The van der Waals surface area contributed by atoms with E-state index in [1.165, 1.54) is 4.90 Å². The van der Waals surface area contributed by atoms with Gasteiger partial charge in [0.15, 0.2) is 0 Å². The van der Waals surface area contributed by atoms with Gasteiger partial charge in [-0.15, -0.1) is 0 Å². The molecule has 0 unspecified atom stereocenters. The van der Waals surface area contributed by atoms with Gasteiger partial charge in [0.2, 0.25) is 0 Å². The van der Waals surface area contributed by atoms with E-state index >= 15 is 0 Å². The van der Waals surface area contributed by atoms with E-state index in [0.717, 1.165) is 22.3 Å². The van der Waals surface area contributed by atoms with Crippen molar-refractivity contribution in [2.45, 2.75) is 26.9 Å². The molecule has 0 bridgehead atoms. The molecule has 1 aliphatic heterocycles. The fourth-order valence-electron chi connectivity index (χ4n) is 3.93. The maximum Gasteiger partial charge on any atom is 0.278 e. The van der Waals surface area contributed by atoms with Crippen LogP contribution in [0.2, 0.25) is 5.02 Å². The number of hydrogen-bond acceptors (Lipinski definition) is 3. The van der Waals surface area contributed by atoms with Crippen LogP contribution in [0.25, 0.3) is 5.57 Å². The van der Waals surface area contributed by atoms with Gasteiger partial charge in [0.05, 0.1) is 12.1 Å². The third-order valence-corrected chi connectivity index (χ3v) is 6.05. The first-order valence-corrected chi connectivity index (χ1v) is 11.1. The van der Waals surface area contributed by atoms with Crippen molar-refractivity contribution in [1.29, 1.82) is 0 Å². The molecule has 0 saturated heterocycles. The lowest BCUT2D eigenvalue weighted by Crippen LogP contribution is -2.34. The predicted molar refractivity (Wildman–Crippen MR) is 128 cm³/mol. The Morgan fingerprint density at radius 3 is 2.16 bits per heavy atom. The van der Waals surface area contributed by atoms with Gasteiger partial charge in [-0.3, -0.25) is 14.5 Å². The molecule has 162 valence electrons. The molecule has 0 spiro atoms. The van der Waals surface area contributed by atoms with Crippen LogP contribution in [0.3, 0.4) is 0 Å². The molecule has 4 rings (SSSR count). The third-order valence-electron chi connectivity index (χ3n) is 5.68. The van der Waals surface area contributed by atoms with E-state index in [2.05, 4.69) is 0 Å². The largest absolute Gasteiger partial charge is 0.362 e. The number of nitrogens with zero attached hydrogens (tertiary/aromatic N) is 2. The van der Waals surface area contributed by atoms with Crippen molar-refractivity contribution in [3.8, 4) is 0 Å². The van der Waals surface area contributed by atoms with Crippen molar-refractivity contribution in [2.24, 2.45) is 0 Å². The Morgan fingerprint density at radius 1 is 0.844 bits per heavy atom. The van der Waals surface area contributed by atoms with Gasteiger partial charge in [0.1, 0.15) is 5.70 Å². The van der Waals surface area contributed by atoms with Crippen molar-refractivity contribution in [3.05, 3.63) is 112 Å². The number of carbonyl (C=O) groups is 2. The van der Waals surface area contributed by atoms with Crippen molar-refractivity contribution >= 4 is 29.0 Å². The highest BCUT2D eigenvalue weighted by Crippen LogP contribution is 2.34. The molecule has 0 aromatic heterocycles. The van der Waals surface area contributed by atoms with Crippen LogP contribution in [-0.4, -0.2) is 28.2 Å². The molecule has 0 N–H and O–H groups in total. The summed E-state index contributed by atoms with van der Waals surface area (Å²) in [7, 11) is 0. The summed E-state index contributed by atoms with van der Waals surface area (Å²) in [5.41, 5.74) is 4.55. The van der Waals surface area contributed by atoms with Crippen molar-refractivity contribution < 1.29 is 9.59 Å². The van der Waals surface area contributed by atoms with E-state index in [-0.39, 0.29) is 18.4 Å². The maximum atomic E-state index is 13.6. The van der Waals surface area contributed by atoms with Gasteiger partial charge in [-0.2, -0.15) is 0 Å². The number of halogens is 1. The number of likely N-dealkylation sites (N-methyl/N-ethyl adjacent to an activating group) is 1. The average molecular weight is 445 g/mol. The lowest BCUT2D eigenvalue weighted by molar-refractivity contribution is -0.138. The minimum Gasteiger partial charge on any atom is -0.362 e. The third kappa shape index (κ3) is 4.32. The van der Waals surface area contributed by atoms with Gasteiger partial charge in [-0.1, -0.05) is 90.0 Å². The van der Waals surface area contributed by atoms with Gasteiger partial charge < -0.3 is 4.90 Å². The van der Waals surface area contributed by atoms with E-state index in [1.807, 2.05) is 91.5 Å². The summed E-state index contributed by atoms with van der Waals surface area (Å²) in [6.45, 7) is 5.27. The molecule has 32 heavy (non-hydrogen) atoms. The van der Waals surface area contributed by atoms with Crippen LogP contribution in [-0.2, 0) is 22.7 Å². The van der Waals surface area contributed by atoms with Crippen LogP contribution in [0.15, 0.2) is 84.6 Å². The predicted octanol–water partition coefficient (Wildman–Crippen LogP) is 5.45. The summed E-state index contributed by atoms with van der Waals surface area (Å²) in [4.78, 5) is 30.5. The fraction of sp³-hybridized carbons (Fsp3) is 0.185. The molecule has 3 aromatic rings. The molecule has 1 aliphatic rings. The molecule has 0 atom stereocenters. The maximum absolute atomic E-state index is 13.6. The zero-order valence-electron chi connectivity index (χ0n) is 18.2. The topological polar surface area (TPSA) is 40.6 Å². The van der Waals surface area contributed by atoms with Gasteiger partial charge in [0.25, 0.3) is 11.8 Å². The van der Waals surface area contributed by atoms with E-state index in [0.29, 0.717) is 29.4 Å². The Kier molecular flexibility index (Phi) is 6.42. The molecular formula is C27H25ClN2O2. The Bertz CT molecular complexity index is 1170. The van der Waals surface area contributed by atoms with Crippen molar-refractivity contribution in [2.75, 3.05) is 6.54 Å². The van der Waals surface area contributed by atoms with Gasteiger partial charge >= 0.3 is 0 Å². The normalized spacial score (nSPS) is 13.8. The van der Waals surface area contributed by atoms with Gasteiger partial charge in [-0.25, -0.2) is 0 Å². The first-order valence-electron chi connectivity index (χ1n) is 10.7. The van der Waals surface area contributed by atoms with E-state index < -0.39 is 0 Å². The number of carbonyl (C=O) groups excluding carboxylic acids is 2. The van der Waals surface area contributed by atoms with Crippen LogP contribution in [0, 0.1) is 6.92 Å². The molecule has 0 radical (unpaired) electrons. The second-order valence-corrected chi connectivity index (χ2v) is 8.28. The molecule has 0 saturated carbocycles. The van der Waals surface area contributed by atoms with Gasteiger partial charge in [-0.05, 0) is 36.6 Å². The highest BCUT2D eigenvalue weighted by atomic mass is 35.5. The summed E-state index contributed by atoms with van der Waals surface area (Å²) < 4.78 is 0. The summed E-state index contributed by atoms with van der Waals surface area (Å²) in [6, 6.07) is 25.0. The van der Waals surface area contributed by atoms with Crippen LogP contribution < -0.4 is 0 Å². The van der Waals surface area contributed by atoms with Crippen molar-refractivity contribution in [1.82, 2.24) is 9.80 Å². The number of amides is 2. The highest BCUT2D eigenvalue weighted by molar-refractivity contribution is 6.35. The zero-order valence-corrected chi connectivity index (χ0v) is 19.0. The highest BCUT2D eigenvalue weighted by Gasteiger charge is 2.41. The first-order chi connectivity index (χ1) is 15.5. The fourth-order valence-corrected chi connectivity index (χ4v) is 4.13. The Morgan fingerprint density at radius 2 is 1.50 bits per heavy atom. The van der Waals surface area contributed by atoms with E-state index in [4.69, 9.17) is 11.6 Å². The number of rotatable bonds is 7. The minimum atomic E-state index is -0.291. The molecule has 4 nitrogen and oxygen atoms in total. The molecule has 0 aliphatic carbocycles. The number of imide groups is 1. The Balaban J connectivity index is 1.77. The van der Waals surface area contributed by atoms with E-state index in [1.54, 1.807) is 6.07 Å². The van der Waals surface area contributed by atoms with Gasteiger partial charge in [0, 0.05) is 18.1 Å². The summed E-state index contributed by atoms with van der Waals surface area (Å²) in [5, 5.41) is 0.537. The molecular weight excluding hydrogens is 420 g/mol. The number of aryl methyl sites for hydroxylation is 1.